The summed E-state index contributed by atoms with van der Waals surface area (Å²) in [5.74, 6) is 5.49. The van der Waals surface area contributed by atoms with E-state index in [2.05, 4.69) is 204 Å². The molecule has 11 rings (SSSR count). The molecule has 0 saturated heterocycles. The van der Waals surface area contributed by atoms with Crippen molar-refractivity contribution in [2.24, 2.45) is 11.8 Å². The molecule has 1 unspecified atom stereocenters. The van der Waals surface area contributed by atoms with Crippen molar-refractivity contribution in [3.05, 3.63) is 217 Å². The first-order chi connectivity index (χ1) is 54.6. The third-order valence-corrected chi connectivity index (χ3v) is 23.7. The van der Waals surface area contributed by atoms with Gasteiger partial charge in [0.2, 0.25) is 0 Å². The van der Waals surface area contributed by atoms with E-state index in [0.29, 0.717) is 40.7 Å². The van der Waals surface area contributed by atoms with Crippen molar-refractivity contribution >= 4 is 6.08 Å². The number of allylic oxidation sites excluding steroid dienone is 11. The number of hydrogen-bond donors (Lipinski definition) is 7. The third-order valence-electron chi connectivity index (χ3n) is 23.7. The predicted molar refractivity (Wildman–Crippen MR) is 485 cm³/mol. The molecule has 2 aliphatic carbocycles. The zero-order valence-corrected chi connectivity index (χ0v) is 74.4. The molecule has 0 spiro atoms. The lowest BCUT2D eigenvalue weighted by Gasteiger charge is -2.46. The molecule has 10 nitrogen and oxygen atoms in total. The van der Waals surface area contributed by atoms with Gasteiger partial charge in [0.05, 0.1) is 11.1 Å². The molecule has 7 N–H and O–H groups in total. The van der Waals surface area contributed by atoms with Crippen LogP contribution in [0.25, 0.3) is 17.2 Å². The first-order valence-electron chi connectivity index (χ1n) is 44.1. The Hall–Kier alpha value is -8.50. The number of unbranched alkanes of at least 4 members (excludes halogenated alkanes) is 10. The maximum atomic E-state index is 10.7. The minimum Gasteiger partial charge on any atom is -0.508 e. The van der Waals surface area contributed by atoms with Crippen LogP contribution in [-0.4, -0.2) is 46.9 Å². The Morgan fingerprint density at radius 3 is 1.43 bits per heavy atom. The second-order valence-electron chi connectivity index (χ2n) is 35.7. The Morgan fingerprint density at radius 2 is 0.922 bits per heavy atom. The van der Waals surface area contributed by atoms with Gasteiger partial charge in [0, 0.05) is 40.0 Å². The van der Waals surface area contributed by atoms with Crippen LogP contribution in [-0.2, 0) is 44.1 Å². The van der Waals surface area contributed by atoms with Crippen molar-refractivity contribution in [1.82, 2.24) is 0 Å². The van der Waals surface area contributed by atoms with Crippen LogP contribution in [0.3, 0.4) is 0 Å². The zero-order valence-electron chi connectivity index (χ0n) is 74.4. The average molecular weight is 1570 g/mol. The lowest BCUT2D eigenvalue weighted by atomic mass is 9.68. The first-order valence-corrected chi connectivity index (χ1v) is 44.1. The third kappa shape index (κ3) is 27.6. The Labute approximate surface area is 695 Å². The summed E-state index contributed by atoms with van der Waals surface area (Å²) in [6.07, 6.45) is 46.6. The molecule has 115 heavy (non-hydrogen) atoms. The van der Waals surface area contributed by atoms with Crippen LogP contribution >= 0.6 is 0 Å². The van der Waals surface area contributed by atoms with Crippen LogP contribution in [0.1, 0.15) is 345 Å². The molecule has 3 aliphatic heterocycles. The minimum absolute atomic E-state index is 0.0194. The molecule has 3 heterocycles. The Morgan fingerprint density at radius 1 is 0.470 bits per heavy atom. The number of aromatic hydroxyl groups is 7. The molecule has 0 aromatic heterocycles. The summed E-state index contributed by atoms with van der Waals surface area (Å²) in [5, 5.41) is 73.1. The van der Waals surface area contributed by atoms with E-state index >= 15 is 0 Å². The van der Waals surface area contributed by atoms with Crippen LogP contribution in [0.4, 0.5) is 0 Å². The largest absolute Gasteiger partial charge is 0.508 e. The molecule has 6 aromatic carbocycles. The van der Waals surface area contributed by atoms with E-state index in [1.165, 1.54) is 110 Å². The predicted octanol–water partition coefficient (Wildman–Crippen LogP) is 29.4. The van der Waals surface area contributed by atoms with Crippen molar-refractivity contribution in [1.29, 1.82) is 0 Å². The maximum absolute atomic E-state index is 10.7. The lowest BCUT2D eigenvalue weighted by molar-refractivity contribution is 0.0107. The zero-order chi connectivity index (χ0) is 84.3. The molecule has 0 radical (unpaired) electrons. The smallest absolute Gasteiger partial charge is 0.132 e. The lowest BCUT2D eigenvalue weighted by Crippen LogP contribution is -2.45. The molecular weight excluding hydrogens is 1420 g/mol. The van der Waals surface area contributed by atoms with Crippen LogP contribution in [0, 0.1) is 18.8 Å². The van der Waals surface area contributed by atoms with E-state index in [1.807, 2.05) is 43.3 Å². The first kappa shape index (κ1) is 93.7. The van der Waals surface area contributed by atoms with E-state index in [1.54, 1.807) is 12.1 Å². The number of hydrogen-bond acceptors (Lipinski definition) is 10. The Bertz CT molecular complexity index is 4320. The van der Waals surface area contributed by atoms with E-state index in [9.17, 15) is 35.7 Å². The Kier molecular flexibility index (Phi) is 36.4. The number of rotatable bonds is 30. The normalized spacial score (nSPS) is 18.3. The van der Waals surface area contributed by atoms with Crippen LogP contribution < -0.4 is 14.2 Å². The average Bonchev–Trinajstić information content (AvgIpc) is 0.746. The second-order valence-corrected chi connectivity index (χ2v) is 35.7. The summed E-state index contributed by atoms with van der Waals surface area (Å²) >= 11 is 0. The summed E-state index contributed by atoms with van der Waals surface area (Å²) in [7, 11) is 0. The van der Waals surface area contributed by atoms with Gasteiger partial charge in [-0.25, -0.2) is 0 Å². The second kappa shape index (κ2) is 44.7. The molecule has 0 bridgehead atoms. The highest BCUT2D eigenvalue weighted by atomic mass is 16.5. The highest BCUT2D eigenvalue weighted by Crippen LogP contribution is 2.55. The fourth-order valence-corrected chi connectivity index (χ4v) is 17.0. The minimum atomic E-state index is -0.384. The summed E-state index contributed by atoms with van der Waals surface area (Å²) in [6, 6.07) is 25.8. The molecular formula is C105H148O10. The van der Waals surface area contributed by atoms with Gasteiger partial charge < -0.3 is 50.0 Å². The van der Waals surface area contributed by atoms with Crippen molar-refractivity contribution in [3.8, 4) is 68.6 Å². The molecule has 6 aromatic rings. The maximum Gasteiger partial charge on any atom is 0.132 e. The van der Waals surface area contributed by atoms with Gasteiger partial charge in [-0.2, -0.15) is 0 Å². The van der Waals surface area contributed by atoms with Gasteiger partial charge in [-0.15, -0.1) is 0 Å². The number of benzene rings is 6. The van der Waals surface area contributed by atoms with Gasteiger partial charge in [-0.3, -0.25) is 0 Å². The molecule has 5 atom stereocenters. The molecule has 0 saturated carbocycles. The monoisotopic (exact) mass is 1570 g/mol. The number of aryl methyl sites for hydroxylation is 6. The number of fused-ring (bicyclic) bond motifs is 7. The van der Waals surface area contributed by atoms with Crippen molar-refractivity contribution < 1.29 is 50.0 Å². The summed E-state index contributed by atoms with van der Waals surface area (Å²) in [4.78, 5) is 0. The quantitative estimate of drug-likeness (QED) is 0.0170. The SMILES string of the molecule is C=C(C)[C@@H]1CCC(C)=C[C@H]1c1c(O)cc(CCCCC)cc1O.CCCCCc1cc(O)c(C/C=C(\C)CCC=C(C)C)c(O)c1.CCCCCc1cc(O)c2c(c1)OC(C)(C)[C@@H]1CCC(C)=C[C@@H]21.CCCCCc1cc(O)c2c(c1)OC(C)(C)c1ccc(C)cc1-2.CCCCCc1cc(O)c2c(c1)OC(C)(CCC=C(C)C)C=C2. The fourth-order valence-electron chi connectivity index (χ4n) is 17.0. The Balaban J connectivity index is 0.000000199. The van der Waals surface area contributed by atoms with Gasteiger partial charge >= 0.3 is 0 Å². The number of phenolic OH excluding ortho intramolecular Hbond substituents is 7. The fraction of sp³-hybridized carbons (Fsp3) is 0.524. The molecule has 10 heteroatoms. The van der Waals surface area contributed by atoms with Crippen LogP contribution in [0.5, 0.6) is 57.5 Å². The number of ether oxygens (including phenoxy) is 3. The van der Waals surface area contributed by atoms with Gasteiger partial charge in [-0.1, -0.05) is 193 Å². The molecule has 0 amide bonds. The number of phenols is 7. The van der Waals surface area contributed by atoms with Gasteiger partial charge in [0.15, 0.2) is 0 Å². The topological polar surface area (TPSA) is 169 Å². The van der Waals surface area contributed by atoms with E-state index in [4.69, 9.17) is 14.2 Å². The van der Waals surface area contributed by atoms with E-state index in [-0.39, 0.29) is 57.6 Å². The molecule has 0 fully saturated rings. The van der Waals surface area contributed by atoms with Gasteiger partial charge in [-0.05, 0) is 331 Å². The highest BCUT2D eigenvalue weighted by molar-refractivity contribution is 5.82. The summed E-state index contributed by atoms with van der Waals surface area (Å²) in [5.41, 5.74) is 19.9. The van der Waals surface area contributed by atoms with Crippen LogP contribution in [0.2, 0.25) is 0 Å². The molecule has 5 aliphatic rings. The van der Waals surface area contributed by atoms with Gasteiger partial charge in [0.1, 0.15) is 74.3 Å². The standard InChI is InChI=1S/C21H30O2.C21H26O2.2C21H30O2.C21H32O2/c2*1-5-6-7-8-15-12-18(22)20-16-11-14(2)9-10-17(16)21(3,4)23-19(20)13-15;1-5-6-7-10-17-14-19(22)18-11-13-21(4,23-20(18)15-17)12-8-9-16(2)3;1-5-6-7-8-16-12-19(22)21(20(23)13-16)18-11-15(4)9-10-17(18)14(2)3;1-5-6-7-11-18-14-20(22)19(21(23)15-18)13-12-17(4)10-8-9-16(2)3/h11-13,16-17,22H,5-10H2,1-4H3;9-13,22H,5-8H2,1-4H3;9,11,13-15,22H,5-8,10,12H2,1-4H3;11-13,17-18,22-23H,2,5-10H2,1,3-4H3;9,12,14-15,22-23H,5-8,10-11,13H2,1-4H3/b;;;;17-12+/t16-,17-;;;17-,18+;/m1..0./s1. The highest BCUT2D eigenvalue weighted by Gasteiger charge is 2.45. The molecule has 628 valence electrons. The summed E-state index contributed by atoms with van der Waals surface area (Å²) in [6.45, 7) is 44.8. The van der Waals surface area contributed by atoms with Crippen LogP contribution in [0.15, 0.2) is 155 Å². The van der Waals surface area contributed by atoms with E-state index < -0.39 is 0 Å². The van der Waals surface area contributed by atoms with Gasteiger partial charge in [0.25, 0.3) is 0 Å². The summed E-state index contributed by atoms with van der Waals surface area (Å²) < 4.78 is 18.9. The van der Waals surface area contributed by atoms with E-state index in [0.717, 1.165) is 182 Å². The van der Waals surface area contributed by atoms with Crippen molar-refractivity contribution in [3.63, 3.8) is 0 Å². The van der Waals surface area contributed by atoms with Crippen molar-refractivity contribution in [2.75, 3.05) is 0 Å². The van der Waals surface area contributed by atoms with Crippen molar-refractivity contribution in [2.45, 2.75) is 346 Å².